The molecule has 1 aromatic rings. The van der Waals surface area contributed by atoms with Crippen molar-refractivity contribution >= 4 is 11.6 Å². The van der Waals surface area contributed by atoms with Gasteiger partial charge in [0.2, 0.25) is 0 Å². The van der Waals surface area contributed by atoms with Crippen molar-refractivity contribution < 1.29 is 19.2 Å². The standard InChI is InChI=1S/C11H11FN2O4/c1-11(16)5-13(6-11)10(15)8-4-7(12)2-3-9(8)14(17)18/h2-4,16H,5-6H2,1H3. The number of benzene rings is 1. The molecule has 2 rings (SSSR count). The predicted octanol–water partition coefficient (Wildman–Crippen LogP) is 0.941. The van der Waals surface area contributed by atoms with Crippen LogP contribution < -0.4 is 0 Å². The summed E-state index contributed by atoms with van der Waals surface area (Å²) in [6.45, 7) is 1.72. The summed E-state index contributed by atoms with van der Waals surface area (Å²) in [5, 5.41) is 20.3. The highest BCUT2D eigenvalue weighted by atomic mass is 19.1. The Bertz CT molecular complexity index is 522. The lowest BCUT2D eigenvalue weighted by atomic mass is 9.95. The number of carbonyl (C=O) groups excluding carboxylic acids is 1. The number of aliphatic hydroxyl groups is 1. The van der Waals surface area contributed by atoms with E-state index >= 15 is 0 Å². The lowest BCUT2D eigenvalue weighted by Crippen LogP contribution is -2.61. The third-order valence-corrected chi connectivity index (χ3v) is 2.74. The molecule has 1 saturated heterocycles. The molecule has 1 aliphatic heterocycles. The third-order valence-electron chi connectivity index (χ3n) is 2.74. The Hall–Kier alpha value is -2.02. The van der Waals surface area contributed by atoms with Crippen molar-refractivity contribution in [2.75, 3.05) is 13.1 Å². The monoisotopic (exact) mass is 254 g/mol. The number of likely N-dealkylation sites (tertiary alicyclic amines) is 1. The fourth-order valence-corrected chi connectivity index (χ4v) is 1.93. The Kier molecular flexibility index (Phi) is 2.78. The molecule has 96 valence electrons. The lowest BCUT2D eigenvalue weighted by molar-refractivity contribution is -0.385. The molecule has 7 heteroatoms. The molecule has 1 aromatic carbocycles. The van der Waals surface area contributed by atoms with Gasteiger partial charge in [0.05, 0.1) is 23.6 Å². The summed E-state index contributed by atoms with van der Waals surface area (Å²) < 4.78 is 13.1. The zero-order chi connectivity index (χ0) is 13.5. The largest absolute Gasteiger partial charge is 0.386 e. The molecule has 0 atom stereocenters. The maximum atomic E-state index is 13.1. The molecule has 1 fully saturated rings. The second-order valence-corrected chi connectivity index (χ2v) is 4.58. The van der Waals surface area contributed by atoms with Crippen LogP contribution in [0.5, 0.6) is 0 Å². The molecule has 6 nitrogen and oxygen atoms in total. The maximum absolute atomic E-state index is 13.1. The van der Waals surface area contributed by atoms with Crippen LogP contribution in [0.3, 0.4) is 0 Å². The number of nitrogens with zero attached hydrogens (tertiary/aromatic N) is 2. The smallest absolute Gasteiger partial charge is 0.282 e. The minimum absolute atomic E-state index is 0.0828. The zero-order valence-electron chi connectivity index (χ0n) is 9.59. The molecule has 0 bridgehead atoms. The normalized spacial score (nSPS) is 17.2. The van der Waals surface area contributed by atoms with Gasteiger partial charge in [-0.25, -0.2) is 4.39 Å². The number of hydrogen-bond donors (Lipinski definition) is 1. The van der Waals surface area contributed by atoms with E-state index in [-0.39, 0.29) is 18.7 Å². The molecule has 1 heterocycles. The number of carbonyl (C=O) groups is 1. The summed E-state index contributed by atoms with van der Waals surface area (Å²) in [7, 11) is 0. The summed E-state index contributed by atoms with van der Waals surface area (Å²) >= 11 is 0. The molecule has 1 N–H and O–H groups in total. The molecule has 18 heavy (non-hydrogen) atoms. The van der Waals surface area contributed by atoms with E-state index in [9.17, 15) is 24.4 Å². The Morgan fingerprint density at radius 3 is 2.67 bits per heavy atom. The fourth-order valence-electron chi connectivity index (χ4n) is 1.93. The van der Waals surface area contributed by atoms with Crippen molar-refractivity contribution in [2.24, 2.45) is 0 Å². The van der Waals surface area contributed by atoms with Gasteiger partial charge >= 0.3 is 0 Å². The first-order chi connectivity index (χ1) is 8.30. The minimum Gasteiger partial charge on any atom is -0.386 e. The summed E-state index contributed by atoms with van der Waals surface area (Å²) in [5.41, 5.74) is -1.71. The van der Waals surface area contributed by atoms with Crippen molar-refractivity contribution in [1.82, 2.24) is 4.90 Å². The van der Waals surface area contributed by atoms with Crippen molar-refractivity contribution in [3.05, 3.63) is 39.7 Å². The molecular weight excluding hydrogens is 243 g/mol. The third kappa shape index (κ3) is 2.17. The van der Waals surface area contributed by atoms with Gasteiger partial charge in [0, 0.05) is 6.07 Å². The van der Waals surface area contributed by atoms with Gasteiger partial charge < -0.3 is 10.0 Å². The van der Waals surface area contributed by atoms with Gasteiger partial charge in [0.25, 0.3) is 11.6 Å². The minimum atomic E-state index is -0.974. The van der Waals surface area contributed by atoms with Crippen LogP contribution in [0.4, 0.5) is 10.1 Å². The molecule has 0 radical (unpaired) electrons. The number of nitro benzene ring substituents is 1. The molecular formula is C11H11FN2O4. The van der Waals surface area contributed by atoms with Crippen LogP contribution in [0.15, 0.2) is 18.2 Å². The maximum Gasteiger partial charge on any atom is 0.282 e. The van der Waals surface area contributed by atoms with E-state index in [1.165, 1.54) is 4.90 Å². The summed E-state index contributed by atoms with van der Waals surface area (Å²) in [6, 6.07) is 2.73. The number of rotatable bonds is 2. The number of hydrogen-bond acceptors (Lipinski definition) is 4. The number of halogens is 1. The first-order valence-corrected chi connectivity index (χ1v) is 5.26. The molecule has 0 saturated carbocycles. The Balaban J connectivity index is 2.30. The molecule has 0 unspecified atom stereocenters. The number of β-amino-alcohol motifs (C(OH)–C–C–N with tert-alkyl or cyclic N) is 1. The second-order valence-electron chi connectivity index (χ2n) is 4.58. The van der Waals surface area contributed by atoms with Crippen LogP contribution in [0.2, 0.25) is 0 Å². The molecule has 0 spiro atoms. The first kappa shape index (κ1) is 12.4. The number of amides is 1. The van der Waals surface area contributed by atoms with Gasteiger partial charge in [0.15, 0.2) is 0 Å². The summed E-state index contributed by atoms with van der Waals surface area (Å²) in [5.74, 6) is -1.36. The van der Waals surface area contributed by atoms with Gasteiger partial charge in [0.1, 0.15) is 11.4 Å². The Morgan fingerprint density at radius 2 is 2.17 bits per heavy atom. The average molecular weight is 254 g/mol. The van der Waals surface area contributed by atoms with E-state index in [0.717, 1.165) is 18.2 Å². The van der Waals surface area contributed by atoms with E-state index in [4.69, 9.17) is 0 Å². The average Bonchev–Trinajstić information content (AvgIpc) is 2.24. The van der Waals surface area contributed by atoms with Gasteiger partial charge in [-0.3, -0.25) is 14.9 Å². The highest BCUT2D eigenvalue weighted by molar-refractivity contribution is 5.98. The lowest BCUT2D eigenvalue weighted by Gasteiger charge is -2.44. The van der Waals surface area contributed by atoms with Crippen molar-refractivity contribution in [3.63, 3.8) is 0 Å². The molecule has 0 aliphatic carbocycles. The number of nitro groups is 1. The quantitative estimate of drug-likeness (QED) is 0.628. The van der Waals surface area contributed by atoms with Crippen molar-refractivity contribution in [3.8, 4) is 0 Å². The Labute approximate surface area is 102 Å². The summed E-state index contributed by atoms with van der Waals surface area (Å²) in [4.78, 5) is 23.2. The van der Waals surface area contributed by atoms with Crippen molar-refractivity contribution in [1.29, 1.82) is 0 Å². The zero-order valence-corrected chi connectivity index (χ0v) is 9.59. The highest BCUT2D eigenvalue weighted by Gasteiger charge is 2.41. The van der Waals surface area contributed by atoms with Crippen LogP contribution in [0.25, 0.3) is 0 Å². The highest BCUT2D eigenvalue weighted by Crippen LogP contribution is 2.26. The summed E-state index contributed by atoms with van der Waals surface area (Å²) in [6.07, 6.45) is 0. The predicted molar refractivity (Wildman–Crippen MR) is 59.6 cm³/mol. The fraction of sp³-hybridized carbons (Fsp3) is 0.364. The van der Waals surface area contributed by atoms with E-state index < -0.39 is 27.9 Å². The van der Waals surface area contributed by atoms with E-state index in [1.54, 1.807) is 6.92 Å². The molecule has 0 aromatic heterocycles. The van der Waals surface area contributed by atoms with Gasteiger partial charge in [-0.1, -0.05) is 0 Å². The van der Waals surface area contributed by atoms with E-state index in [0.29, 0.717) is 0 Å². The molecule has 1 aliphatic rings. The van der Waals surface area contributed by atoms with Crippen molar-refractivity contribution in [2.45, 2.75) is 12.5 Å². The second kappa shape index (κ2) is 4.02. The van der Waals surface area contributed by atoms with Gasteiger partial charge in [-0.15, -0.1) is 0 Å². The topological polar surface area (TPSA) is 83.7 Å². The van der Waals surface area contributed by atoms with Crippen LogP contribution in [0, 0.1) is 15.9 Å². The van der Waals surface area contributed by atoms with Crippen LogP contribution in [0.1, 0.15) is 17.3 Å². The Morgan fingerprint density at radius 1 is 1.56 bits per heavy atom. The van der Waals surface area contributed by atoms with E-state index in [2.05, 4.69) is 0 Å². The van der Waals surface area contributed by atoms with E-state index in [1.807, 2.05) is 0 Å². The van der Waals surface area contributed by atoms with Crippen LogP contribution in [-0.4, -0.2) is 39.5 Å². The SMILES string of the molecule is CC1(O)CN(C(=O)c2cc(F)ccc2[N+](=O)[O-])C1. The van der Waals surface area contributed by atoms with Gasteiger partial charge in [-0.05, 0) is 19.1 Å². The van der Waals surface area contributed by atoms with Gasteiger partial charge in [-0.2, -0.15) is 0 Å². The first-order valence-electron chi connectivity index (χ1n) is 5.26. The van der Waals surface area contributed by atoms with Crippen LogP contribution >= 0.6 is 0 Å². The van der Waals surface area contributed by atoms with Crippen LogP contribution in [-0.2, 0) is 0 Å². The molecule has 1 amide bonds.